The van der Waals surface area contributed by atoms with Gasteiger partial charge in [-0.3, -0.25) is 0 Å². The van der Waals surface area contributed by atoms with Crippen molar-refractivity contribution in [3.8, 4) is 0 Å². The van der Waals surface area contributed by atoms with E-state index in [0.717, 1.165) is 5.56 Å². The van der Waals surface area contributed by atoms with Gasteiger partial charge in [0.05, 0.1) is 6.21 Å². The first-order valence-corrected chi connectivity index (χ1v) is 6.26. The smallest absolute Gasteiger partial charge is 0.143 e. The highest BCUT2D eigenvalue weighted by Crippen LogP contribution is 2.21. The summed E-state index contributed by atoms with van der Waals surface area (Å²) in [6, 6.07) is 11.4. The van der Waals surface area contributed by atoms with Gasteiger partial charge >= 0.3 is 0 Å². The van der Waals surface area contributed by atoms with Gasteiger partial charge < -0.3 is 4.84 Å². The van der Waals surface area contributed by atoms with E-state index in [1.807, 2.05) is 0 Å². The Hall–Kier alpha value is -1.58. The maximum absolute atomic E-state index is 13.3. The largest absolute Gasteiger partial charge is 0.391 e. The van der Waals surface area contributed by atoms with Gasteiger partial charge in [-0.05, 0) is 18.2 Å². The van der Waals surface area contributed by atoms with E-state index >= 15 is 0 Å². The third kappa shape index (κ3) is 3.94. The Balaban J connectivity index is 1.95. The fraction of sp³-hybridized carbons (Fsp3) is 0.0714. The summed E-state index contributed by atoms with van der Waals surface area (Å²) in [4.78, 5) is 5.07. The van der Waals surface area contributed by atoms with Crippen LogP contribution >= 0.6 is 23.2 Å². The Bertz CT molecular complexity index is 602. The molecule has 0 unspecified atom stereocenters. The summed E-state index contributed by atoms with van der Waals surface area (Å²) in [6.07, 6.45) is 1.32. The summed E-state index contributed by atoms with van der Waals surface area (Å²) >= 11 is 11.8. The first kappa shape index (κ1) is 13.8. The maximum atomic E-state index is 13.3. The topological polar surface area (TPSA) is 21.6 Å². The van der Waals surface area contributed by atoms with Crippen LogP contribution in [0.4, 0.5) is 4.39 Å². The summed E-state index contributed by atoms with van der Waals surface area (Å²) in [5.41, 5.74) is 1.13. The molecule has 0 aliphatic heterocycles. The predicted molar refractivity (Wildman–Crippen MR) is 75.2 cm³/mol. The Labute approximate surface area is 120 Å². The zero-order chi connectivity index (χ0) is 13.7. The third-order valence-electron chi connectivity index (χ3n) is 2.41. The number of halogens is 3. The summed E-state index contributed by atoms with van der Waals surface area (Å²) in [7, 11) is 0. The van der Waals surface area contributed by atoms with E-state index in [1.165, 1.54) is 12.3 Å². The second-order valence-electron chi connectivity index (χ2n) is 3.77. The molecule has 0 aromatic heterocycles. The highest BCUT2D eigenvalue weighted by Gasteiger charge is 2.01. The van der Waals surface area contributed by atoms with Crippen molar-refractivity contribution in [1.82, 2.24) is 0 Å². The van der Waals surface area contributed by atoms with Crippen LogP contribution in [0.5, 0.6) is 0 Å². The molecule has 2 aromatic rings. The first-order valence-electron chi connectivity index (χ1n) is 5.50. The van der Waals surface area contributed by atoms with E-state index in [-0.39, 0.29) is 12.4 Å². The van der Waals surface area contributed by atoms with Crippen molar-refractivity contribution in [3.05, 3.63) is 69.5 Å². The molecule has 0 atom stereocenters. The molecule has 0 radical (unpaired) electrons. The van der Waals surface area contributed by atoms with Gasteiger partial charge in [0.1, 0.15) is 12.4 Å². The van der Waals surface area contributed by atoms with Crippen LogP contribution in [0.3, 0.4) is 0 Å². The average Bonchev–Trinajstić information content (AvgIpc) is 2.38. The molecule has 0 fully saturated rings. The Morgan fingerprint density at radius 3 is 2.68 bits per heavy atom. The lowest BCUT2D eigenvalue weighted by molar-refractivity contribution is 0.132. The standard InChI is InChI=1S/C14H10Cl2FNO/c15-12-6-5-11(13(16)7-12)9-19-18-8-10-3-1-2-4-14(10)17/h1-8H,9H2/b18-8+. The van der Waals surface area contributed by atoms with Crippen LogP contribution in [0.15, 0.2) is 47.6 Å². The van der Waals surface area contributed by atoms with Crippen LogP contribution in [0.2, 0.25) is 10.0 Å². The summed E-state index contributed by atoms with van der Waals surface area (Å²) in [5.74, 6) is -0.348. The van der Waals surface area contributed by atoms with Crippen LogP contribution in [0.25, 0.3) is 0 Å². The Kier molecular flexibility index (Phi) is 4.77. The van der Waals surface area contributed by atoms with Crippen molar-refractivity contribution < 1.29 is 9.23 Å². The monoisotopic (exact) mass is 297 g/mol. The lowest BCUT2D eigenvalue weighted by Crippen LogP contribution is -1.91. The van der Waals surface area contributed by atoms with E-state index in [1.54, 1.807) is 36.4 Å². The van der Waals surface area contributed by atoms with Gasteiger partial charge in [-0.2, -0.15) is 0 Å². The highest BCUT2D eigenvalue weighted by molar-refractivity contribution is 6.35. The van der Waals surface area contributed by atoms with Gasteiger partial charge in [-0.1, -0.05) is 52.6 Å². The molecule has 0 saturated heterocycles. The van der Waals surface area contributed by atoms with Gasteiger partial charge in [0.2, 0.25) is 0 Å². The van der Waals surface area contributed by atoms with Crippen molar-refractivity contribution >= 4 is 29.4 Å². The maximum Gasteiger partial charge on any atom is 0.143 e. The molecule has 0 saturated carbocycles. The molecule has 0 aliphatic rings. The molecule has 5 heteroatoms. The number of nitrogens with zero attached hydrogens (tertiary/aromatic N) is 1. The van der Waals surface area contributed by atoms with Gasteiger partial charge in [0.15, 0.2) is 0 Å². The quantitative estimate of drug-likeness (QED) is 0.593. The lowest BCUT2D eigenvalue weighted by atomic mass is 10.2. The first-order chi connectivity index (χ1) is 9.16. The fourth-order valence-corrected chi connectivity index (χ4v) is 1.88. The minimum Gasteiger partial charge on any atom is -0.391 e. The van der Waals surface area contributed by atoms with Gasteiger partial charge in [0, 0.05) is 21.2 Å². The summed E-state index contributed by atoms with van der Waals surface area (Å²) < 4.78 is 13.3. The minimum atomic E-state index is -0.348. The van der Waals surface area contributed by atoms with Gasteiger partial charge in [-0.25, -0.2) is 4.39 Å². The molecular formula is C14H10Cl2FNO. The molecular weight excluding hydrogens is 288 g/mol. The molecule has 0 spiro atoms. The molecule has 0 heterocycles. The van der Waals surface area contributed by atoms with Gasteiger partial charge in [-0.15, -0.1) is 0 Å². The number of hydrogen-bond acceptors (Lipinski definition) is 2. The second-order valence-corrected chi connectivity index (χ2v) is 4.61. The molecule has 0 aliphatic carbocycles. The van der Waals surface area contributed by atoms with E-state index in [9.17, 15) is 4.39 Å². The Morgan fingerprint density at radius 1 is 1.16 bits per heavy atom. The SMILES string of the molecule is Fc1ccccc1/C=N/OCc1ccc(Cl)cc1Cl. The Morgan fingerprint density at radius 2 is 1.95 bits per heavy atom. The molecule has 2 aromatic carbocycles. The van der Waals surface area contributed by atoms with Crippen LogP contribution in [-0.2, 0) is 11.4 Å². The summed E-state index contributed by atoms with van der Waals surface area (Å²) in [6.45, 7) is 0.195. The van der Waals surface area contributed by atoms with Crippen molar-refractivity contribution in [2.24, 2.45) is 5.16 Å². The highest BCUT2D eigenvalue weighted by atomic mass is 35.5. The van der Waals surface area contributed by atoms with E-state index in [4.69, 9.17) is 28.0 Å². The molecule has 0 N–H and O–H groups in total. The van der Waals surface area contributed by atoms with Crippen molar-refractivity contribution in [2.75, 3.05) is 0 Å². The number of rotatable bonds is 4. The molecule has 0 bridgehead atoms. The number of hydrogen-bond donors (Lipinski definition) is 0. The minimum absolute atomic E-state index is 0.195. The van der Waals surface area contributed by atoms with Crippen molar-refractivity contribution in [3.63, 3.8) is 0 Å². The summed E-state index contributed by atoms with van der Waals surface area (Å²) in [5, 5.41) is 4.77. The third-order valence-corrected chi connectivity index (χ3v) is 2.99. The lowest BCUT2D eigenvalue weighted by Gasteiger charge is -2.03. The van der Waals surface area contributed by atoms with Crippen molar-refractivity contribution in [2.45, 2.75) is 6.61 Å². The van der Waals surface area contributed by atoms with E-state index in [0.29, 0.717) is 15.6 Å². The predicted octanol–water partition coefficient (Wildman–Crippen LogP) is 4.68. The molecule has 2 nitrogen and oxygen atoms in total. The molecule has 19 heavy (non-hydrogen) atoms. The number of oxime groups is 1. The van der Waals surface area contributed by atoms with Crippen molar-refractivity contribution in [1.29, 1.82) is 0 Å². The number of benzene rings is 2. The van der Waals surface area contributed by atoms with E-state index in [2.05, 4.69) is 5.16 Å². The molecule has 2 rings (SSSR count). The molecule has 0 amide bonds. The average molecular weight is 298 g/mol. The van der Waals surface area contributed by atoms with Crippen LogP contribution < -0.4 is 0 Å². The van der Waals surface area contributed by atoms with Gasteiger partial charge in [0.25, 0.3) is 0 Å². The van der Waals surface area contributed by atoms with Crippen LogP contribution in [-0.4, -0.2) is 6.21 Å². The second kappa shape index (κ2) is 6.55. The fourth-order valence-electron chi connectivity index (χ4n) is 1.42. The normalized spacial score (nSPS) is 10.9. The molecule has 98 valence electrons. The van der Waals surface area contributed by atoms with E-state index < -0.39 is 0 Å². The van der Waals surface area contributed by atoms with Crippen LogP contribution in [0.1, 0.15) is 11.1 Å². The zero-order valence-corrected chi connectivity index (χ0v) is 11.3. The zero-order valence-electron chi connectivity index (χ0n) is 9.82. The van der Waals surface area contributed by atoms with Crippen LogP contribution in [0, 0.1) is 5.82 Å².